The Balaban J connectivity index is 2.18. The van der Waals surface area contributed by atoms with E-state index in [2.05, 4.69) is 43.5 Å². The van der Waals surface area contributed by atoms with Crippen molar-refractivity contribution < 1.29 is 39.8 Å². The number of aliphatic hydroxyl groups is 5. The molecule has 9 heteroatoms. The Morgan fingerprint density at radius 2 is 0.868 bits per heavy atom. The van der Waals surface area contributed by atoms with Crippen LogP contribution in [0.15, 0.2) is 24.3 Å². The van der Waals surface area contributed by atoms with Crippen LogP contribution < -0.4 is 5.32 Å². The van der Waals surface area contributed by atoms with Crippen LogP contribution in [-0.2, 0) is 14.3 Å². The summed E-state index contributed by atoms with van der Waals surface area (Å²) >= 11 is 0. The van der Waals surface area contributed by atoms with Crippen molar-refractivity contribution >= 4 is 5.91 Å². The summed E-state index contributed by atoms with van der Waals surface area (Å²) in [5.74, 6) is -0.145. The Morgan fingerprint density at radius 3 is 1.29 bits per heavy atom. The first kappa shape index (κ1) is 64.7. The molecule has 1 aliphatic rings. The van der Waals surface area contributed by atoms with E-state index < -0.39 is 49.5 Å². The molecule has 7 unspecified atom stereocenters. The van der Waals surface area contributed by atoms with Gasteiger partial charge in [0.05, 0.1) is 25.4 Å². The number of amides is 1. The van der Waals surface area contributed by atoms with Gasteiger partial charge in [-0.05, 0) is 44.9 Å². The Bertz CT molecular complexity index is 1120. The molecular weight excluding hydrogens is 851 g/mol. The van der Waals surface area contributed by atoms with E-state index in [-0.39, 0.29) is 12.5 Å². The third-order valence-electron chi connectivity index (χ3n) is 14.3. The second-order valence-corrected chi connectivity index (χ2v) is 20.8. The van der Waals surface area contributed by atoms with Gasteiger partial charge in [-0.25, -0.2) is 0 Å². The van der Waals surface area contributed by atoms with Crippen molar-refractivity contribution in [2.75, 3.05) is 13.2 Å². The lowest BCUT2D eigenvalue weighted by Gasteiger charge is -2.40. The number of rotatable bonds is 51. The molecule has 0 aromatic heterocycles. The van der Waals surface area contributed by atoms with Crippen LogP contribution in [-0.4, -0.2) is 87.5 Å². The van der Waals surface area contributed by atoms with Crippen molar-refractivity contribution in [3.63, 3.8) is 0 Å². The van der Waals surface area contributed by atoms with Crippen molar-refractivity contribution in [3.8, 4) is 0 Å². The maximum Gasteiger partial charge on any atom is 0.220 e. The van der Waals surface area contributed by atoms with Crippen LogP contribution in [0.5, 0.6) is 0 Å². The van der Waals surface area contributed by atoms with E-state index in [1.54, 1.807) is 0 Å². The second kappa shape index (κ2) is 49.3. The molecule has 0 spiro atoms. The minimum atomic E-state index is -1.55. The number of nitrogens with one attached hydrogen (secondary N) is 1. The summed E-state index contributed by atoms with van der Waals surface area (Å²) in [7, 11) is 0. The summed E-state index contributed by atoms with van der Waals surface area (Å²) in [5.41, 5.74) is 0. The third kappa shape index (κ3) is 38.4. The first-order valence-electron chi connectivity index (χ1n) is 29.5. The predicted octanol–water partition coefficient (Wildman–Crippen LogP) is 14.6. The van der Waals surface area contributed by atoms with Gasteiger partial charge >= 0.3 is 0 Å². The van der Waals surface area contributed by atoms with E-state index in [0.717, 1.165) is 44.9 Å². The van der Waals surface area contributed by atoms with Crippen molar-refractivity contribution in [1.82, 2.24) is 5.32 Å². The van der Waals surface area contributed by atoms with Gasteiger partial charge in [0.25, 0.3) is 0 Å². The Morgan fingerprint density at radius 1 is 0.500 bits per heavy atom. The first-order valence-corrected chi connectivity index (χ1v) is 29.5. The maximum absolute atomic E-state index is 13.1. The van der Waals surface area contributed by atoms with Gasteiger partial charge in [0.2, 0.25) is 5.91 Å². The van der Waals surface area contributed by atoms with Crippen LogP contribution in [0.1, 0.15) is 290 Å². The van der Waals surface area contributed by atoms with Gasteiger partial charge in [0, 0.05) is 6.42 Å². The number of carbonyl (C=O) groups excluding carboxylic acids is 1. The van der Waals surface area contributed by atoms with Gasteiger partial charge in [-0.1, -0.05) is 263 Å². The molecule has 0 aromatic carbocycles. The Labute approximate surface area is 419 Å². The van der Waals surface area contributed by atoms with E-state index in [4.69, 9.17) is 9.47 Å². The van der Waals surface area contributed by atoms with Gasteiger partial charge in [-0.2, -0.15) is 0 Å². The summed E-state index contributed by atoms with van der Waals surface area (Å²) in [6, 6.07) is -0.721. The van der Waals surface area contributed by atoms with Crippen LogP contribution in [0, 0.1) is 0 Å². The van der Waals surface area contributed by atoms with Crippen molar-refractivity contribution in [2.24, 2.45) is 0 Å². The SMILES string of the molecule is CCCCC/C=C\C/C=C\CCCCCCCCCCCC(=O)NC(COC1OC(CO)C(O)C(O)C1O)C(O)CCCCCCCCCCCCCCCCCCCCCCCCCCCC. The van der Waals surface area contributed by atoms with Crippen LogP contribution >= 0.6 is 0 Å². The average Bonchev–Trinajstić information content (AvgIpc) is 3.34. The quantitative estimate of drug-likeness (QED) is 0.0261. The second-order valence-electron chi connectivity index (χ2n) is 20.8. The molecule has 0 bridgehead atoms. The monoisotopic (exact) mass is 964 g/mol. The number of hydrogen-bond acceptors (Lipinski definition) is 8. The van der Waals surface area contributed by atoms with E-state index >= 15 is 0 Å². The molecule has 1 fully saturated rings. The molecule has 402 valence electrons. The first-order chi connectivity index (χ1) is 33.3. The summed E-state index contributed by atoms with van der Waals surface area (Å²) in [4.78, 5) is 13.1. The predicted molar refractivity (Wildman–Crippen MR) is 286 cm³/mol. The minimum absolute atomic E-state index is 0.137. The highest BCUT2D eigenvalue weighted by Gasteiger charge is 2.44. The zero-order chi connectivity index (χ0) is 49.4. The van der Waals surface area contributed by atoms with Crippen LogP contribution in [0.2, 0.25) is 0 Å². The number of hydrogen-bond donors (Lipinski definition) is 6. The molecule has 0 aliphatic carbocycles. The molecular formula is C59H113NO8. The smallest absolute Gasteiger partial charge is 0.220 e. The largest absolute Gasteiger partial charge is 0.394 e. The highest BCUT2D eigenvalue weighted by molar-refractivity contribution is 5.76. The topological polar surface area (TPSA) is 149 Å². The zero-order valence-corrected chi connectivity index (χ0v) is 44.6. The van der Waals surface area contributed by atoms with Gasteiger partial charge in [0.15, 0.2) is 6.29 Å². The highest BCUT2D eigenvalue weighted by atomic mass is 16.7. The zero-order valence-electron chi connectivity index (χ0n) is 44.6. The Hall–Kier alpha value is -1.33. The molecule has 7 atom stereocenters. The van der Waals surface area contributed by atoms with Crippen LogP contribution in [0.25, 0.3) is 0 Å². The lowest BCUT2D eigenvalue weighted by Crippen LogP contribution is -2.60. The number of ether oxygens (including phenoxy) is 2. The molecule has 6 N–H and O–H groups in total. The molecule has 1 amide bonds. The summed E-state index contributed by atoms with van der Waals surface area (Å²) < 4.78 is 11.3. The average molecular weight is 965 g/mol. The number of aliphatic hydroxyl groups excluding tert-OH is 5. The maximum atomic E-state index is 13.1. The number of unbranched alkanes of at least 4 members (excludes halogenated alkanes) is 37. The van der Waals surface area contributed by atoms with Crippen molar-refractivity contribution in [2.45, 2.75) is 333 Å². The lowest BCUT2D eigenvalue weighted by atomic mass is 9.99. The van der Waals surface area contributed by atoms with Gasteiger partial charge in [-0.15, -0.1) is 0 Å². The molecule has 9 nitrogen and oxygen atoms in total. The minimum Gasteiger partial charge on any atom is -0.394 e. The molecule has 1 aliphatic heterocycles. The van der Waals surface area contributed by atoms with E-state index in [9.17, 15) is 30.3 Å². The fourth-order valence-corrected chi connectivity index (χ4v) is 9.61. The third-order valence-corrected chi connectivity index (χ3v) is 14.3. The lowest BCUT2D eigenvalue weighted by molar-refractivity contribution is -0.302. The standard InChI is InChI=1S/C59H113NO8/c1-3-5-7-9-11-13-15-17-19-21-23-24-25-26-27-28-29-31-32-34-36-38-40-42-44-46-48-53(62)52(51-67-59-58(66)57(65)56(64)54(50-61)68-59)60-55(63)49-47-45-43-41-39-37-35-33-30-22-20-18-16-14-12-10-8-6-4-2/h12,14,18,20,52-54,56-59,61-62,64-66H,3-11,13,15-17,19,21-51H2,1-2H3,(H,60,63)/b14-12-,20-18-. The fraction of sp³-hybridized carbons (Fsp3) is 0.915. The van der Waals surface area contributed by atoms with Crippen molar-refractivity contribution in [3.05, 3.63) is 24.3 Å². The molecule has 68 heavy (non-hydrogen) atoms. The van der Waals surface area contributed by atoms with Crippen LogP contribution in [0.3, 0.4) is 0 Å². The Kier molecular flexibility index (Phi) is 46.9. The van der Waals surface area contributed by atoms with E-state index in [0.29, 0.717) is 12.8 Å². The summed E-state index contributed by atoms with van der Waals surface area (Å²) in [6.45, 7) is 3.85. The highest BCUT2D eigenvalue weighted by Crippen LogP contribution is 2.23. The molecule has 0 aromatic rings. The molecule has 0 saturated carbocycles. The van der Waals surface area contributed by atoms with Gasteiger partial charge < -0.3 is 40.3 Å². The van der Waals surface area contributed by atoms with E-state index in [1.165, 1.54) is 218 Å². The summed E-state index contributed by atoms with van der Waals surface area (Å²) in [5, 5.41) is 54.7. The molecule has 1 saturated heterocycles. The summed E-state index contributed by atoms with van der Waals surface area (Å²) in [6.07, 6.45) is 54.9. The normalized spacial score (nSPS) is 19.7. The van der Waals surface area contributed by atoms with Gasteiger partial charge in [-0.3, -0.25) is 4.79 Å². The fourth-order valence-electron chi connectivity index (χ4n) is 9.61. The number of allylic oxidation sites excluding steroid dienone is 4. The number of carbonyl (C=O) groups is 1. The van der Waals surface area contributed by atoms with E-state index in [1.807, 2.05) is 0 Å². The molecule has 1 rings (SSSR count). The molecule has 1 heterocycles. The molecule has 0 radical (unpaired) electrons. The van der Waals surface area contributed by atoms with Gasteiger partial charge in [0.1, 0.15) is 24.4 Å². The van der Waals surface area contributed by atoms with Crippen LogP contribution in [0.4, 0.5) is 0 Å². The van der Waals surface area contributed by atoms with Crippen molar-refractivity contribution in [1.29, 1.82) is 0 Å².